The highest BCUT2D eigenvalue weighted by molar-refractivity contribution is 5.33. The molecule has 0 aliphatic rings. The first-order valence-corrected chi connectivity index (χ1v) is 5.50. The number of aryl methyl sites for hydroxylation is 1. The molecule has 0 spiro atoms. The number of aliphatic hydroxyl groups is 1. The minimum Gasteiger partial charge on any atom is -0.392 e. The van der Waals surface area contributed by atoms with Crippen LogP contribution in [0.1, 0.15) is 32.0 Å². The topological polar surface area (TPSA) is 76.3 Å². The van der Waals surface area contributed by atoms with Crippen LogP contribution >= 0.6 is 0 Å². The third-order valence-corrected chi connectivity index (χ3v) is 2.77. The Morgan fingerprint density at radius 1 is 1.53 bits per heavy atom. The molecule has 1 unspecified atom stereocenters. The standard InChI is InChI=1S/C12H18N2O3/c1-8-5-9(14(16)17)7-13-10(8)6-11(15)12(2,3)4/h5,7,11,15H,6H2,1-4H3. The summed E-state index contributed by atoms with van der Waals surface area (Å²) in [5, 5.41) is 20.5. The van der Waals surface area contributed by atoms with Gasteiger partial charge in [0.1, 0.15) is 6.20 Å². The number of hydrogen-bond acceptors (Lipinski definition) is 4. The van der Waals surface area contributed by atoms with Crippen LogP contribution in [0.25, 0.3) is 0 Å². The molecule has 0 saturated carbocycles. The van der Waals surface area contributed by atoms with E-state index in [1.165, 1.54) is 12.3 Å². The Morgan fingerprint density at radius 2 is 2.12 bits per heavy atom. The van der Waals surface area contributed by atoms with Gasteiger partial charge < -0.3 is 5.11 Å². The van der Waals surface area contributed by atoms with Crippen molar-refractivity contribution in [1.29, 1.82) is 0 Å². The maximum Gasteiger partial charge on any atom is 0.287 e. The summed E-state index contributed by atoms with van der Waals surface area (Å²) >= 11 is 0. The number of nitro groups is 1. The van der Waals surface area contributed by atoms with E-state index < -0.39 is 11.0 Å². The highest BCUT2D eigenvalue weighted by Crippen LogP contribution is 2.23. The summed E-state index contributed by atoms with van der Waals surface area (Å²) < 4.78 is 0. The van der Waals surface area contributed by atoms with Crippen molar-refractivity contribution in [3.63, 3.8) is 0 Å². The Hall–Kier alpha value is -1.49. The molecule has 0 aliphatic carbocycles. The molecule has 1 atom stereocenters. The van der Waals surface area contributed by atoms with Gasteiger partial charge in [0.2, 0.25) is 0 Å². The van der Waals surface area contributed by atoms with Gasteiger partial charge >= 0.3 is 0 Å². The van der Waals surface area contributed by atoms with E-state index in [4.69, 9.17) is 0 Å². The molecule has 0 aliphatic heterocycles. The second-order valence-corrected chi connectivity index (χ2v) is 5.30. The summed E-state index contributed by atoms with van der Waals surface area (Å²) in [5.74, 6) is 0. The SMILES string of the molecule is Cc1cc([N+](=O)[O-])cnc1CC(O)C(C)(C)C. The second-order valence-electron chi connectivity index (χ2n) is 5.30. The van der Waals surface area contributed by atoms with E-state index in [0.29, 0.717) is 12.1 Å². The Morgan fingerprint density at radius 3 is 2.53 bits per heavy atom. The third kappa shape index (κ3) is 3.49. The van der Waals surface area contributed by atoms with Crippen LogP contribution in [0.2, 0.25) is 0 Å². The maximum absolute atomic E-state index is 10.6. The molecule has 0 saturated heterocycles. The summed E-state index contributed by atoms with van der Waals surface area (Å²) in [7, 11) is 0. The van der Waals surface area contributed by atoms with Gasteiger partial charge in [-0.3, -0.25) is 15.1 Å². The maximum atomic E-state index is 10.6. The van der Waals surface area contributed by atoms with Gasteiger partial charge in [-0.1, -0.05) is 20.8 Å². The predicted molar refractivity (Wildman–Crippen MR) is 64.8 cm³/mol. The summed E-state index contributed by atoms with van der Waals surface area (Å²) in [6, 6.07) is 1.48. The molecule has 1 aromatic heterocycles. The van der Waals surface area contributed by atoms with Gasteiger partial charge in [0.15, 0.2) is 0 Å². The molecule has 0 bridgehead atoms. The second kappa shape index (κ2) is 4.79. The minimum atomic E-state index is -0.518. The van der Waals surface area contributed by atoms with Gasteiger partial charge in [-0.15, -0.1) is 0 Å². The summed E-state index contributed by atoms with van der Waals surface area (Å²) in [5.41, 5.74) is 1.20. The van der Waals surface area contributed by atoms with Crippen LogP contribution in [0, 0.1) is 22.5 Å². The molecule has 0 aromatic carbocycles. The minimum absolute atomic E-state index is 0.0171. The fourth-order valence-electron chi connectivity index (χ4n) is 1.39. The Kier molecular flexibility index (Phi) is 3.83. The lowest BCUT2D eigenvalue weighted by atomic mass is 9.86. The Balaban J connectivity index is 2.90. The van der Waals surface area contributed by atoms with E-state index in [-0.39, 0.29) is 11.1 Å². The number of rotatable bonds is 3. The lowest BCUT2D eigenvalue weighted by molar-refractivity contribution is -0.385. The zero-order chi connectivity index (χ0) is 13.2. The van der Waals surface area contributed by atoms with Gasteiger partial charge in [0, 0.05) is 18.2 Å². The monoisotopic (exact) mass is 238 g/mol. The summed E-state index contributed by atoms with van der Waals surface area (Å²) in [6.45, 7) is 7.60. The first-order valence-electron chi connectivity index (χ1n) is 5.50. The molecule has 1 heterocycles. The first-order chi connectivity index (χ1) is 7.71. The van der Waals surface area contributed by atoms with Gasteiger partial charge in [-0.25, -0.2) is 0 Å². The predicted octanol–water partition coefficient (Wildman–Crippen LogP) is 2.25. The number of aromatic nitrogens is 1. The summed E-state index contributed by atoms with van der Waals surface area (Å²) in [4.78, 5) is 14.1. The first kappa shape index (κ1) is 13.6. The molecule has 94 valence electrons. The Bertz CT molecular complexity index is 424. The third-order valence-electron chi connectivity index (χ3n) is 2.77. The van der Waals surface area contributed by atoms with Crippen LogP contribution < -0.4 is 0 Å². The van der Waals surface area contributed by atoms with Gasteiger partial charge in [0.25, 0.3) is 5.69 Å². The molecule has 5 nitrogen and oxygen atoms in total. The molecule has 1 rings (SSSR count). The van der Waals surface area contributed by atoms with Crippen molar-refractivity contribution in [2.24, 2.45) is 5.41 Å². The van der Waals surface area contributed by atoms with Crippen LogP contribution in [-0.4, -0.2) is 21.1 Å². The van der Waals surface area contributed by atoms with Gasteiger partial charge in [-0.05, 0) is 17.9 Å². The Labute approximate surface area is 101 Å². The molecule has 0 fully saturated rings. The highest BCUT2D eigenvalue weighted by atomic mass is 16.6. The van der Waals surface area contributed by atoms with Crippen LogP contribution in [0.3, 0.4) is 0 Å². The average Bonchev–Trinajstić information content (AvgIpc) is 2.19. The zero-order valence-electron chi connectivity index (χ0n) is 10.6. The average molecular weight is 238 g/mol. The highest BCUT2D eigenvalue weighted by Gasteiger charge is 2.23. The van der Waals surface area contributed by atoms with Crippen LogP contribution in [0.15, 0.2) is 12.3 Å². The molecular weight excluding hydrogens is 220 g/mol. The van der Waals surface area contributed by atoms with Gasteiger partial charge in [-0.2, -0.15) is 0 Å². The normalized spacial score (nSPS) is 13.5. The number of nitrogens with zero attached hydrogens (tertiary/aromatic N) is 2. The molecule has 1 aromatic rings. The lowest BCUT2D eigenvalue weighted by Gasteiger charge is -2.25. The van der Waals surface area contributed by atoms with Crippen molar-refractivity contribution in [1.82, 2.24) is 4.98 Å². The largest absolute Gasteiger partial charge is 0.392 e. The smallest absolute Gasteiger partial charge is 0.287 e. The fourth-order valence-corrected chi connectivity index (χ4v) is 1.39. The molecule has 0 radical (unpaired) electrons. The number of pyridine rings is 1. The summed E-state index contributed by atoms with van der Waals surface area (Å²) in [6.07, 6.45) is 1.13. The quantitative estimate of drug-likeness (QED) is 0.647. The van der Waals surface area contributed by atoms with Crippen molar-refractivity contribution in [3.8, 4) is 0 Å². The van der Waals surface area contributed by atoms with E-state index in [9.17, 15) is 15.2 Å². The van der Waals surface area contributed by atoms with Gasteiger partial charge in [0.05, 0.1) is 11.0 Å². The van der Waals surface area contributed by atoms with Crippen molar-refractivity contribution < 1.29 is 10.0 Å². The molecule has 5 heteroatoms. The molecular formula is C12H18N2O3. The van der Waals surface area contributed by atoms with Crippen molar-refractivity contribution >= 4 is 5.69 Å². The lowest BCUT2D eigenvalue weighted by Crippen LogP contribution is -2.28. The molecule has 1 N–H and O–H groups in total. The van der Waals surface area contributed by atoms with Crippen molar-refractivity contribution in [2.45, 2.75) is 40.2 Å². The van der Waals surface area contributed by atoms with Crippen LogP contribution in [0.5, 0.6) is 0 Å². The zero-order valence-corrected chi connectivity index (χ0v) is 10.6. The van der Waals surface area contributed by atoms with E-state index in [1.54, 1.807) is 6.92 Å². The van der Waals surface area contributed by atoms with E-state index in [2.05, 4.69) is 4.98 Å². The fraction of sp³-hybridized carbons (Fsp3) is 0.583. The van der Waals surface area contributed by atoms with E-state index in [1.807, 2.05) is 20.8 Å². The van der Waals surface area contributed by atoms with Crippen LogP contribution in [-0.2, 0) is 6.42 Å². The van der Waals surface area contributed by atoms with E-state index in [0.717, 1.165) is 5.56 Å². The molecule has 17 heavy (non-hydrogen) atoms. The molecule has 0 amide bonds. The van der Waals surface area contributed by atoms with Crippen molar-refractivity contribution in [2.75, 3.05) is 0 Å². The number of aliphatic hydroxyl groups excluding tert-OH is 1. The van der Waals surface area contributed by atoms with Crippen molar-refractivity contribution in [3.05, 3.63) is 33.6 Å². The van der Waals surface area contributed by atoms with Crippen LogP contribution in [0.4, 0.5) is 5.69 Å². The van der Waals surface area contributed by atoms with E-state index >= 15 is 0 Å². The number of hydrogen-bond donors (Lipinski definition) is 1.